The zero-order chi connectivity index (χ0) is 18.1. The fourth-order valence-electron chi connectivity index (χ4n) is 2.14. The third-order valence-electron chi connectivity index (χ3n) is 3.32. The van der Waals surface area contributed by atoms with Gasteiger partial charge in [0.15, 0.2) is 23.1 Å². The van der Waals surface area contributed by atoms with Gasteiger partial charge in [0.1, 0.15) is 0 Å². The molecule has 3 rings (SSSR count). The molecule has 2 heterocycles. The second-order valence-electron chi connectivity index (χ2n) is 4.91. The number of aromatic hydroxyl groups is 1. The van der Waals surface area contributed by atoms with Crippen molar-refractivity contribution in [2.45, 2.75) is 0 Å². The Morgan fingerprint density at radius 3 is 2.56 bits per heavy atom. The number of thiocarbonyl (C=S) groups is 1. The number of methoxy groups -OCH3 is 1. The molecular weight excluding hydrogens is 354 g/mol. The molecule has 1 aromatic carbocycles. The average molecular weight is 364 g/mol. The third-order valence-corrected chi connectivity index (χ3v) is 3.58. The van der Waals surface area contributed by atoms with Crippen molar-refractivity contribution in [1.82, 2.24) is 4.98 Å². The van der Waals surface area contributed by atoms with Crippen molar-refractivity contribution in [2.75, 3.05) is 12.0 Å². The SMILES string of the molecule is COc1ccc(N2C(=O)C(=Cc3cc(F)c(O)c(F)c3)OC2=S)cn1. The van der Waals surface area contributed by atoms with Gasteiger partial charge in [0, 0.05) is 6.07 Å². The van der Waals surface area contributed by atoms with E-state index in [0.717, 1.165) is 23.1 Å². The van der Waals surface area contributed by atoms with E-state index in [-0.39, 0.29) is 16.5 Å². The highest BCUT2D eigenvalue weighted by atomic mass is 32.1. The summed E-state index contributed by atoms with van der Waals surface area (Å²) >= 11 is 5.02. The molecule has 2 aromatic rings. The molecule has 0 atom stereocenters. The van der Waals surface area contributed by atoms with E-state index in [1.54, 1.807) is 6.07 Å². The lowest BCUT2D eigenvalue weighted by molar-refractivity contribution is -0.114. The predicted octanol–water partition coefficient (Wildman–Crippen LogP) is 2.76. The predicted molar refractivity (Wildman–Crippen MR) is 88.0 cm³/mol. The zero-order valence-corrected chi connectivity index (χ0v) is 13.5. The van der Waals surface area contributed by atoms with Gasteiger partial charge in [-0.15, -0.1) is 0 Å². The Kier molecular flexibility index (Phi) is 4.32. The van der Waals surface area contributed by atoms with E-state index >= 15 is 0 Å². The number of rotatable bonds is 3. The summed E-state index contributed by atoms with van der Waals surface area (Å²) in [6.07, 6.45) is 2.49. The standard InChI is InChI=1S/C16H10F2N2O4S/c1-23-13-3-2-9(7-19-13)20-15(22)12(24-16(20)25)6-8-4-10(17)14(21)11(18)5-8/h2-7,21H,1H3. The van der Waals surface area contributed by atoms with Crippen LogP contribution in [0.25, 0.3) is 6.08 Å². The number of carbonyl (C=O) groups is 1. The number of pyridine rings is 1. The Morgan fingerprint density at radius 1 is 1.32 bits per heavy atom. The first-order chi connectivity index (χ1) is 11.9. The Labute approximate surface area is 145 Å². The highest BCUT2D eigenvalue weighted by Gasteiger charge is 2.35. The number of anilines is 1. The van der Waals surface area contributed by atoms with E-state index in [1.165, 1.54) is 19.4 Å². The summed E-state index contributed by atoms with van der Waals surface area (Å²) in [5.74, 6) is -3.89. The van der Waals surface area contributed by atoms with E-state index in [1.807, 2.05) is 0 Å². The molecule has 25 heavy (non-hydrogen) atoms. The van der Waals surface area contributed by atoms with Crippen LogP contribution in [0.2, 0.25) is 0 Å². The first kappa shape index (κ1) is 16.8. The van der Waals surface area contributed by atoms with E-state index in [9.17, 15) is 13.6 Å². The van der Waals surface area contributed by atoms with E-state index in [0.29, 0.717) is 11.6 Å². The second kappa shape index (κ2) is 6.44. The summed E-state index contributed by atoms with van der Waals surface area (Å²) in [7, 11) is 1.45. The van der Waals surface area contributed by atoms with Crippen LogP contribution in [-0.4, -0.2) is 28.3 Å². The molecule has 0 saturated carbocycles. The molecule has 9 heteroatoms. The molecular formula is C16H10F2N2O4S. The number of aromatic nitrogens is 1. The van der Waals surface area contributed by atoms with Gasteiger partial charge in [-0.3, -0.25) is 4.79 Å². The molecule has 0 spiro atoms. The monoisotopic (exact) mass is 364 g/mol. The Hall–Kier alpha value is -3.07. The number of benzene rings is 1. The number of phenolic OH excluding ortho intramolecular Hbond substituents is 1. The van der Waals surface area contributed by atoms with Gasteiger partial charge in [-0.2, -0.15) is 0 Å². The molecule has 6 nitrogen and oxygen atoms in total. The number of hydrogen-bond donors (Lipinski definition) is 1. The van der Waals surface area contributed by atoms with Gasteiger partial charge in [-0.25, -0.2) is 18.7 Å². The fraction of sp³-hybridized carbons (Fsp3) is 0.0625. The fourth-order valence-corrected chi connectivity index (χ4v) is 2.41. The Bertz CT molecular complexity index is 877. The topological polar surface area (TPSA) is 71.9 Å². The molecule has 1 fully saturated rings. The van der Waals surface area contributed by atoms with Crippen molar-refractivity contribution in [3.8, 4) is 11.6 Å². The van der Waals surface area contributed by atoms with Crippen molar-refractivity contribution >= 4 is 35.1 Å². The number of halogens is 2. The van der Waals surface area contributed by atoms with Gasteiger partial charge < -0.3 is 14.6 Å². The maximum absolute atomic E-state index is 13.4. The first-order valence-electron chi connectivity index (χ1n) is 6.86. The first-order valence-corrected chi connectivity index (χ1v) is 7.27. The summed E-state index contributed by atoms with van der Waals surface area (Å²) < 4.78 is 36.9. The van der Waals surface area contributed by atoms with Gasteiger partial charge >= 0.3 is 5.91 Å². The number of ether oxygens (including phenoxy) is 2. The van der Waals surface area contributed by atoms with Crippen molar-refractivity contribution in [2.24, 2.45) is 0 Å². The van der Waals surface area contributed by atoms with Crippen LogP contribution in [0.1, 0.15) is 5.56 Å². The average Bonchev–Trinajstić information content (AvgIpc) is 2.86. The molecule has 1 amide bonds. The maximum Gasteiger partial charge on any atom is 0.301 e. The summed E-state index contributed by atoms with van der Waals surface area (Å²) in [4.78, 5) is 17.5. The Balaban J connectivity index is 1.92. The third kappa shape index (κ3) is 3.13. The van der Waals surface area contributed by atoms with Crippen molar-refractivity contribution < 1.29 is 28.2 Å². The molecule has 1 aliphatic rings. The van der Waals surface area contributed by atoms with Crippen LogP contribution < -0.4 is 9.64 Å². The van der Waals surface area contributed by atoms with E-state index in [2.05, 4.69) is 4.98 Å². The number of nitrogens with zero attached hydrogens (tertiary/aromatic N) is 2. The van der Waals surface area contributed by atoms with Crippen LogP contribution >= 0.6 is 12.2 Å². The molecule has 0 unspecified atom stereocenters. The van der Waals surface area contributed by atoms with Crippen LogP contribution in [0.15, 0.2) is 36.2 Å². The van der Waals surface area contributed by atoms with Gasteiger partial charge in [0.25, 0.3) is 5.17 Å². The molecule has 128 valence electrons. The van der Waals surface area contributed by atoms with Gasteiger partial charge in [-0.1, -0.05) is 0 Å². The van der Waals surface area contributed by atoms with Gasteiger partial charge in [0.2, 0.25) is 5.88 Å². The van der Waals surface area contributed by atoms with Crippen molar-refractivity contribution in [1.29, 1.82) is 0 Å². The zero-order valence-electron chi connectivity index (χ0n) is 12.7. The summed E-state index contributed by atoms with van der Waals surface area (Å²) in [6.45, 7) is 0. The Morgan fingerprint density at radius 2 is 2.00 bits per heavy atom. The number of carbonyl (C=O) groups excluding carboxylic acids is 1. The van der Waals surface area contributed by atoms with Gasteiger partial charge in [-0.05, 0) is 42.1 Å². The number of phenols is 1. The molecule has 1 saturated heterocycles. The smallest absolute Gasteiger partial charge is 0.301 e. The molecule has 1 aliphatic heterocycles. The molecule has 0 aliphatic carbocycles. The largest absolute Gasteiger partial charge is 0.503 e. The van der Waals surface area contributed by atoms with Crippen molar-refractivity contribution in [3.63, 3.8) is 0 Å². The van der Waals surface area contributed by atoms with Crippen LogP contribution in [0.3, 0.4) is 0 Å². The van der Waals surface area contributed by atoms with Crippen LogP contribution in [0.5, 0.6) is 11.6 Å². The summed E-state index contributed by atoms with van der Waals surface area (Å²) in [5, 5.41) is 8.95. The summed E-state index contributed by atoms with van der Waals surface area (Å²) in [5.41, 5.74) is 0.343. The van der Waals surface area contributed by atoms with Gasteiger partial charge in [0.05, 0.1) is 19.0 Å². The lowest BCUT2D eigenvalue weighted by Crippen LogP contribution is -2.28. The molecule has 0 bridgehead atoms. The molecule has 0 radical (unpaired) electrons. The minimum atomic E-state index is -1.16. The highest BCUT2D eigenvalue weighted by Crippen LogP contribution is 2.28. The molecule has 1 N–H and O–H groups in total. The second-order valence-corrected chi connectivity index (χ2v) is 5.26. The minimum Gasteiger partial charge on any atom is -0.503 e. The van der Waals surface area contributed by atoms with E-state index in [4.69, 9.17) is 26.8 Å². The van der Waals surface area contributed by atoms with Crippen LogP contribution in [0, 0.1) is 11.6 Å². The minimum absolute atomic E-state index is 0.00587. The lowest BCUT2D eigenvalue weighted by atomic mass is 10.1. The summed E-state index contributed by atoms with van der Waals surface area (Å²) in [6, 6.07) is 4.82. The van der Waals surface area contributed by atoms with Crippen molar-refractivity contribution in [3.05, 3.63) is 53.4 Å². The number of amides is 1. The molecule has 1 aromatic heterocycles. The van der Waals surface area contributed by atoms with Crippen LogP contribution in [0.4, 0.5) is 14.5 Å². The van der Waals surface area contributed by atoms with Crippen LogP contribution in [-0.2, 0) is 9.53 Å². The maximum atomic E-state index is 13.4. The number of hydrogen-bond acceptors (Lipinski definition) is 6. The normalized spacial score (nSPS) is 15.6. The highest BCUT2D eigenvalue weighted by molar-refractivity contribution is 7.80. The quantitative estimate of drug-likeness (QED) is 0.667. The lowest BCUT2D eigenvalue weighted by Gasteiger charge is -2.11. The van der Waals surface area contributed by atoms with E-state index < -0.39 is 23.3 Å².